The summed E-state index contributed by atoms with van der Waals surface area (Å²) < 4.78 is 10.7. The molecule has 0 unspecified atom stereocenters. The molecule has 0 saturated carbocycles. The number of carbonyl (C=O) groups is 2. The number of benzene rings is 2. The highest BCUT2D eigenvalue weighted by atomic mass is 16.5. The van der Waals surface area contributed by atoms with E-state index < -0.39 is 11.9 Å². The van der Waals surface area contributed by atoms with Gasteiger partial charge in [0.15, 0.2) is 6.61 Å². The molecular formula is C23H24N2O4. The number of ether oxygens (including phenoxy) is 2. The molecule has 150 valence electrons. The van der Waals surface area contributed by atoms with Crippen molar-refractivity contribution in [1.29, 1.82) is 0 Å². The number of anilines is 1. The molecule has 0 bridgehead atoms. The van der Waals surface area contributed by atoms with Crippen LogP contribution in [0.4, 0.5) is 5.69 Å². The van der Waals surface area contributed by atoms with Crippen LogP contribution in [-0.4, -0.2) is 30.1 Å². The maximum absolute atomic E-state index is 12.8. The molecule has 3 rings (SSSR count). The molecule has 29 heavy (non-hydrogen) atoms. The minimum absolute atomic E-state index is 0.371. The summed E-state index contributed by atoms with van der Waals surface area (Å²) in [5, 5.41) is 3.43. The fourth-order valence-electron chi connectivity index (χ4n) is 3.17. The largest absolute Gasteiger partial charge is 0.494 e. The number of nitrogens with one attached hydrogen (secondary N) is 1. The molecule has 0 atom stereocenters. The van der Waals surface area contributed by atoms with Gasteiger partial charge in [0, 0.05) is 16.8 Å². The Kier molecular flexibility index (Phi) is 6.44. The van der Waals surface area contributed by atoms with Crippen molar-refractivity contribution in [3.8, 4) is 5.75 Å². The Morgan fingerprint density at radius 1 is 1.03 bits per heavy atom. The normalized spacial score (nSPS) is 10.6. The Morgan fingerprint density at radius 3 is 2.45 bits per heavy atom. The highest BCUT2D eigenvalue weighted by Gasteiger charge is 2.19. The van der Waals surface area contributed by atoms with E-state index in [1.165, 1.54) is 0 Å². The number of fused-ring (bicyclic) bond motifs is 1. The minimum Gasteiger partial charge on any atom is -0.494 e. The molecule has 2 aromatic carbocycles. The van der Waals surface area contributed by atoms with Crippen LogP contribution in [0, 0.1) is 6.92 Å². The number of hydrogen-bond acceptors (Lipinski definition) is 5. The van der Waals surface area contributed by atoms with Gasteiger partial charge in [0.2, 0.25) is 0 Å². The molecule has 1 aromatic heterocycles. The molecule has 0 radical (unpaired) electrons. The number of nitrogens with zero attached hydrogens (tertiary/aromatic N) is 1. The molecule has 0 aliphatic rings. The second-order valence-corrected chi connectivity index (χ2v) is 6.51. The molecule has 0 aliphatic carbocycles. The van der Waals surface area contributed by atoms with E-state index in [4.69, 9.17) is 9.47 Å². The zero-order valence-electron chi connectivity index (χ0n) is 16.8. The van der Waals surface area contributed by atoms with Gasteiger partial charge in [-0.15, -0.1) is 0 Å². The molecule has 1 amide bonds. The van der Waals surface area contributed by atoms with Crippen molar-refractivity contribution in [3.63, 3.8) is 0 Å². The number of esters is 1. The van der Waals surface area contributed by atoms with Crippen LogP contribution in [0.3, 0.4) is 0 Å². The number of para-hydroxylation sites is 1. The van der Waals surface area contributed by atoms with Gasteiger partial charge in [-0.3, -0.25) is 9.78 Å². The van der Waals surface area contributed by atoms with Gasteiger partial charge in [0.1, 0.15) is 5.75 Å². The third-order valence-corrected chi connectivity index (χ3v) is 4.56. The van der Waals surface area contributed by atoms with Gasteiger partial charge in [0.25, 0.3) is 5.91 Å². The molecule has 3 aromatic rings. The summed E-state index contributed by atoms with van der Waals surface area (Å²) in [6, 6.07) is 14.4. The van der Waals surface area contributed by atoms with Crippen molar-refractivity contribution in [2.24, 2.45) is 0 Å². The Balaban J connectivity index is 1.70. The second-order valence-electron chi connectivity index (χ2n) is 6.51. The summed E-state index contributed by atoms with van der Waals surface area (Å²) in [7, 11) is 0. The molecule has 6 nitrogen and oxygen atoms in total. The van der Waals surface area contributed by atoms with Crippen molar-refractivity contribution >= 4 is 28.5 Å². The average molecular weight is 392 g/mol. The van der Waals surface area contributed by atoms with Gasteiger partial charge in [-0.2, -0.15) is 0 Å². The van der Waals surface area contributed by atoms with Crippen molar-refractivity contribution in [1.82, 2.24) is 4.98 Å². The number of amides is 1. The zero-order valence-corrected chi connectivity index (χ0v) is 16.8. The van der Waals surface area contributed by atoms with Crippen molar-refractivity contribution in [3.05, 3.63) is 65.4 Å². The van der Waals surface area contributed by atoms with Crippen LogP contribution < -0.4 is 10.1 Å². The smallest absolute Gasteiger partial charge is 0.339 e. The quantitative estimate of drug-likeness (QED) is 0.607. The van der Waals surface area contributed by atoms with Crippen molar-refractivity contribution < 1.29 is 19.1 Å². The molecular weight excluding hydrogens is 368 g/mol. The van der Waals surface area contributed by atoms with E-state index in [2.05, 4.69) is 10.3 Å². The average Bonchev–Trinajstić information content (AvgIpc) is 2.73. The third-order valence-electron chi connectivity index (χ3n) is 4.56. The van der Waals surface area contributed by atoms with Crippen LogP contribution in [0.1, 0.15) is 35.5 Å². The number of aromatic nitrogens is 1. The van der Waals surface area contributed by atoms with Gasteiger partial charge < -0.3 is 14.8 Å². The molecule has 1 N–H and O–H groups in total. The van der Waals surface area contributed by atoms with Gasteiger partial charge in [-0.25, -0.2) is 4.79 Å². The van der Waals surface area contributed by atoms with Crippen LogP contribution in [-0.2, 0) is 16.0 Å². The molecule has 6 heteroatoms. The molecule has 0 saturated heterocycles. The summed E-state index contributed by atoms with van der Waals surface area (Å²) >= 11 is 0. The molecule has 0 spiro atoms. The molecule has 1 heterocycles. The van der Waals surface area contributed by atoms with Gasteiger partial charge in [0.05, 0.1) is 17.7 Å². The summed E-state index contributed by atoms with van der Waals surface area (Å²) in [6.45, 7) is 5.95. The monoisotopic (exact) mass is 392 g/mol. The van der Waals surface area contributed by atoms with Crippen LogP contribution in [0.2, 0.25) is 0 Å². The van der Waals surface area contributed by atoms with E-state index in [-0.39, 0.29) is 6.61 Å². The van der Waals surface area contributed by atoms with Gasteiger partial charge in [-0.1, -0.05) is 25.1 Å². The van der Waals surface area contributed by atoms with Crippen LogP contribution in [0.15, 0.2) is 48.5 Å². The predicted octanol–water partition coefficient (Wildman–Crippen LogP) is 4.30. The second kappa shape index (κ2) is 9.19. The highest BCUT2D eigenvalue weighted by molar-refractivity contribution is 6.05. The first kappa shape index (κ1) is 20.3. The van der Waals surface area contributed by atoms with Crippen molar-refractivity contribution in [2.75, 3.05) is 18.5 Å². The molecule has 0 aliphatic heterocycles. The SMILES string of the molecule is CCOc1ccc(NC(=O)COC(=O)c2c(C)c(CC)nc3ccccc23)cc1. The maximum Gasteiger partial charge on any atom is 0.339 e. The van der Waals surface area contributed by atoms with E-state index in [0.29, 0.717) is 24.3 Å². The van der Waals surface area contributed by atoms with E-state index in [1.807, 2.05) is 45.0 Å². The highest BCUT2D eigenvalue weighted by Crippen LogP contribution is 2.24. The van der Waals surface area contributed by atoms with E-state index in [1.54, 1.807) is 24.3 Å². The lowest BCUT2D eigenvalue weighted by atomic mass is 10.0. The van der Waals surface area contributed by atoms with Gasteiger partial charge in [-0.05, 0) is 56.2 Å². The zero-order chi connectivity index (χ0) is 20.8. The lowest BCUT2D eigenvalue weighted by Crippen LogP contribution is -2.21. The Bertz CT molecular complexity index is 1030. The fraction of sp³-hybridized carbons (Fsp3) is 0.261. The maximum atomic E-state index is 12.8. The number of carbonyl (C=O) groups excluding carboxylic acids is 2. The number of hydrogen-bond donors (Lipinski definition) is 1. The summed E-state index contributed by atoms with van der Waals surface area (Å²) in [6.07, 6.45) is 0.704. The van der Waals surface area contributed by atoms with E-state index in [0.717, 1.165) is 27.9 Å². The predicted molar refractivity (Wildman–Crippen MR) is 112 cm³/mol. The van der Waals surface area contributed by atoms with E-state index in [9.17, 15) is 9.59 Å². The number of rotatable bonds is 7. The summed E-state index contributed by atoms with van der Waals surface area (Å²) in [5.74, 6) is -0.212. The van der Waals surface area contributed by atoms with Crippen LogP contribution in [0.5, 0.6) is 5.75 Å². The number of pyridine rings is 1. The van der Waals surface area contributed by atoms with Crippen molar-refractivity contribution in [2.45, 2.75) is 27.2 Å². The first-order valence-electron chi connectivity index (χ1n) is 9.61. The molecule has 0 fully saturated rings. The lowest BCUT2D eigenvalue weighted by Gasteiger charge is -2.13. The minimum atomic E-state index is -0.530. The Hall–Kier alpha value is -3.41. The fourth-order valence-corrected chi connectivity index (χ4v) is 3.17. The van der Waals surface area contributed by atoms with Crippen LogP contribution >= 0.6 is 0 Å². The first-order valence-corrected chi connectivity index (χ1v) is 9.61. The summed E-state index contributed by atoms with van der Waals surface area (Å²) in [5.41, 5.74) is 3.42. The first-order chi connectivity index (χ1) is 14.0. The standard InChI is InChI=1S/C23H24N2O4/c1-4-19-15(3)22(18-8-6-7-9-20(18)25-19)23(27)29-14-21(26)24-16-10-12-17(13-11-16)28-5-2/h6-13H,4-5,14H2,1-3H3,(H,24,26). The van der Waals surface area contributed by atoms with Gasteiger partial charge >= 0.3 is 5.97 Å². The Morgan fingerprint density at radius 2 is 1.76 bits per heavy atom. The topological polar surface area (TPSA) is 77.5 Å². The Labute approximate surface area is 169 Å². The lowest BCUT2D eigenvalue weighted by molar-refractivity contribution is -0.119. The summed E-state index contributed by atoms with van der Waals surface area (Å²) in [4.78, 5) is 29.6. The van der Waals surface area contributed by atoms with Crippen LogP contribution in [0.25, 0.3) is 10.9 Å². The third kappa shape index (κ3) is 4.71. The number of aryl methyl sites for hydroxylation is 1. The van der Waals surface area contributed by atoms with E-state index >= 15 is 0 Å².